The summed E-state index contributed by atoms with van der Waals surface area (Å²) in [6.07, 6.45) is 4.98. The predicted molar refractivity (Wildman–Crippen MR) is 103 cm³/mol. The molecule has 1 amide bonds. The molecular weight excluding hydrogens is 366 g/mol. The van der Waals surface area contributed by atoms with Gasteiger partial charge in [-0.1, -0.05) is 17.7 Å². The third-order valence-electron chi connectivity index (χ3n) is 4.78. The molecular formula is C20H18ClN3O3. The van der Waals surface area contributed by atoms with E-state index in [1.54, 1.807) is 42.6 Å². The van der Waals surface area contributed by atoms with Gasteiger partial charge in [0.05, 0.1) is 10.7 Å². The van der Waals surface area contributed by atoms with Crippen molar-refractivity contribution in [3.05, 3.63) is 64.4 Å². The maximum Gasteiger partial charge on any atom is 0.274 e. The van der Waals surface area contributed by atoms with Crippen molar-refractivity contribution < 1.29 is 15.0 Å². The molecule has 6 nitrogen and oxygen atoms in total. The van der Waals surface area contributed by atoms with E-state index in [-0.39, 0.29) is 17.7 Å². The van der Waals surface area contributed by atoms with E-state index >= 15 is 0 Å². The number of carbonyl (C=O) groups is 1. The Hall–Kier alpha value is -2.99. The lowest BCUT2D eigenvalue weighted by Crippen LogP contribution is -2.13. The smallest absolute Gasteiger partial charge is 0.274 e. The first-order chi connectivity index (χ1) is 13.1. The van der Waals surface area contributed by atoms with Crippen LogP contribution in [0.25, 0.3) is 5.69 Å². The van der Waals surface area contributed by atoms with Crippen LogP contribution in [-0.2, 0) is 12.8 Å². The van der Waals surface area contributed by atoms with Crippen molar-refractivity contribution in [3.8, 4) is 17.4 Å². The van der Waals surface area contributed by atoms with Gasteiger partial charge in [0, 0.05) is 23.0 Å². The van der Waals surface area contributed by atoms with Crippen LogP contribution >= 0.6 is 11.6 Å². The SMILES string of the molecule is O=C(Nc1ccc(-n2c(O)c3c(c2O)CCCC3)c(Cl)c1)c1ccccn1. The Balaban J connectivity index is 1.65. The Morgan fingerprint density at radius 3 is 2.37 bits per heavy atom. The largest absolute Gasteiger partial charge is 0.494 e. The van der Waals surface area contributed by atoms with Gasteiger partial charge in [-0.3, -0.25) is 9.78 Å². The van der Waals surface area contributed by atoms with Gasteiger partial charge in [0.25, 0.3) is 5.91 Å². The molecule has 0 spiro atoms. The van der Waals surface area contributed by atoms with Gasteiger partial charge in [-0.25, -0.2) is 4.57 Å². The minimum absolute atomic E-state index is 0.0226. The van der Waals surface area contributed by atoms with Gasteiger partial charge in [-0.05, 0) is 56.0 Å². The molecule has 2 aromatic heterocycles. The second kappa shape index (κ2) is 6.96. The molecule has 7 heteroatoms. The van der Waals surface area contributed by atoms with E-state index in [2.05, 4.69) is 10.3 Å². The molecule has 1 aliphatic rings. The van der Waals surface area contributed by atoms with Crippen molar-refractivity contribution in [3.63, 3.8) is 0 Å². The van der Waals surface area contributed by atoms with Crippen molar-refractivity contribution in [1.29, 1.82) is 0 Å². The number of amides is 1. The van der Waals surface area contributed by atoms with E-state index in [0.29, 0.717) is 22.1 Å². The van der Waals surface area contributed by atoms with Gasteiger partial charge in [0.1, 0.15) is 5.69 Å². The minimum Gasteiger partial charge on any atom is -0.494 e. The van der Waals surface area contributed by atoms with E-state index in [9.17, 15) is 15.0 Å². The molecule has 138 valence electrons. The predicted octanol–water partition coefficient (Wildman–Crippen LogP) is 4.07. The molecule has 1 aromatic carbocycles. The summed E-state index contributed by atoms with van der Waals surface area (Å²) in [6.45, 7) is 0. The number of halogens is 1. The maximum atomic E-state index is 12.2. The lowest BCUT2D eigenvalue weighted by atomic mass is 9.95. The maximum absolute atomic E-state index is 12.2. The monoisotopic (exact) mass is 383 g/mol. The first-order valence-corrected chi connectivity index (χ1v) is 9.10. The van der Waals surface area contributed by atoms with Crippen LogP contribution < -0.4 is 5.32 Å². The van der Waals surface area contributed by atoms with Crippen LogP contribution in [0.3, 0.4) is 0 Å². The third kappa shape index (κ3) is 3.13. The highest BCUT2D eigenvalue weighted by molar-refractivity contribution is 6.32. The van der Waals surface area contributed by atoms with Crippen molar-refractivity contribution in [2.24, 2.45) is 0 Å². The number of fused-ring (bicyclic) bond motifs is 1. The van der Waals surface area contributed by atoms with E-state index < -0.39 is 0 Å². The summed E-state index contributed by atoms with van der Waals surface area (Å²) < 4.78 is 1.36. The van der Waals surface area contributed by atoms with Crippen LogP contribution in [0, 0.1) is 0 Å². The van der Waals surface area contributed by atoms with Gasteiger partial charge in [-0.15, -0.1) is 0 Å². The summed E-state index contributed by atoms with van der Waals surface area (Å²) in [7, 11) is 0. The molecule has 0 atom stereocenters. The first-order valence-electron chi connectivity index (χ1n) is 8.73. The normalized spacial score (nSPS) is 13.2. The lowest BCUT2D eigenvalue weighted by molar-refractivity contribution is 0.102. The number of hydrogen-bond acceptors (Lipinski definition) is 4. The Morgan fingerprint density at radius 2 is 1.78 bits per heavy atom. The summed E-state index contributed by atoms with van der Waals surface area (Å²) in [5.74, 6) is -0.301. The summed E-state index contributed by atoms with van der Waals surface area (Å²) in [6, 6.07) is 9.98. The number of nitrogens with one attached hydrogen (secondary N) is 1. The fourth-order valence-corrected chi connectivity index (χ4v) is 3.72. The quantitative estimate of drug-likeness (QED) is 0.636. The van der Waals surface area contributed by atoms with Crippen LogP contribution in [0.2, 0.25) is 5.02 Å². The molecule has 2 heterocycles. The number of aromatic hydroxyl groups is 2. The fourth-order valence-electron chi connectivity index (χ4n) is 3.46. The highest BCUT2D eigenvalue weighted by Crippen LogP contribution is 2.42. The van der Waals surface area contributed by atoms with Crippen LogP contribution in [-0.4, -0.2) is 25.7 Å². The Bertz CT molecular complexity index is 986. The van der Waals surface area contributed by atoms with Crippen molar-refractivity contribution in [2.75, 3.05) is 5.32 Å². The van der Waals surface area contributed by atoms with Gasteiger partial charge in [0.2, 0.25) is 11.8 Å². The number of nitrogens with zero attached hydrogens (tertiary/aromatic N) is 2. The van der Waals surface area contributed by atoms with Gasteiger partial charge in [-0.2, -0.15) is 0 Å². The minimum atomic E-state index is -0.346. The first kappa shape index (κ1) is 17.4. The van der Waals surface area contributed by atoms with Crippen molar-refractivity contribution in [2.45, 2.75) is 25.7 Å². The number of aromatic nitrogens is 2. The Kier molecular flexibility index (Phi) is 4.49. The summed E-state index contributed by atoms with van der Waals surface area (Å²) in [5, 5.41) is 24.2. The number of pyridine rings is 1. The number of anilines is 1. The zero-order chi connectivity index (χ0) is 19.0. The van der Waals surface area contributed by atoms with Gasteiger partial charge >= 0.3 is 0 Å². The standard InChI is InChI=1S/C20H18ClN3O3/c21-15-11-12(23-18(25)16-7-3-4-10-22-16)8-9-17(15)24-19(26)13-5-1-2-6-14(13)20(24)27/h3-4,7-11,26-27H,1-2,5-6H2,(H,23,25). The molecule has 0 aliphatic heterocycles. The molecule has 0 radical (unpaired) electrons. The number of benzene rings is 1. The molecule has 0 fully saturated rings. The highest BCUT2D eigenvalue weighted by Gasteiger charge is 2.26. The molecule has 27 heavy (non-hydrogen) atoms. The number of carbonyl (C=O) groups excluding carboxylic acids is 1. The van der Waals surface area contributed by atoms with Crippen molar-refractivity contribution >= 4 is 23.2 Å². The van der Waals surface area contributed by atoms with Crippen LogP contribution in [0.15, 0.2) is 42.6 Å². The molecule has 4 rings (SSSR count). The average molecular weight is 384 g/mol. The van der Waals surface area contributed by atoms with E-state index in [1.165, 1.54) is 4.57 Å². The zero-order valence-electron chi connectivity index (χ0n) is 14.4. The lowest BCUT2D eigenvalue weighted by Gasteiger charge is -2.12. The van der Waals surface area contributed by atoms with Gasteiger partial charge < -0.3 is 15.5 Å². The second-order valence-corrected chi connectivity index (χ2v) is 6.89. The molecule has 0 saturated heterocycles. The van der Waals surface area contributed by atoms with Gasteiger partial charge in [0.15, 0.2) is 0 Å². The zero-order valence-corrected chi connectivity index (χ0v) is 15.2. The summed E-state index contributed by atoms with van der Waals surface area (Å²) in [5.41, 5.74) is 2.81. The molecule has 0 saturated carbocycles. The molecule has 3 N–H and O–H groups in total. The summed E-state index contributed by atoms with van der Waals surface area (Å²) in [4.78, 5) is 16.2. The number of rotatable bonds is 3. The fraction of sp³-hybridized carbons (Fsp3) is 0.200. The molecule has 0 unspecified atom stereocenters. The number of hydrogen-bond donors (Lipinski definition) is 3. The van der Waals surface area contributed by atoms with E-state index in [0.717, 1.165) is 36.8 Å². The van der Waals surface area contributed by atoms with Crippen LogP contribution in [0.4, 0.5) is 5.69 Å². The van der Waals surface area contributed by atoms with Crippen LogP contribution in [0.5, 0.6) is 11.8 Å². The van der Waals surface area contributed by atoms with E-state index in [4.69, 9.17) is 11.6 Å². The van der Waals surface area contributed by atoms with Crippen molar-refractivity contribution in [1.82, 2.24) is 9.55 Å². The average Bonchev–Trinajstić information content (AvgIpc) is 2.94. The second-order valence-electron chi connectivity index (χ2n) is 6.48. The molecule has 3 aromatic rings. The van der Waals surface area contributed by atoms with E-state index in [1.807, 2.05) is 0 Å². The van der Waals surface area contributed by atoms with Crippen LogP contribution in [0.1, 0.15) is 34.5 Å². The molecule has 1 aliphatic carbocycles. The topological polar surface area (TPSA) is 87.4 Å². The Morgan fingerprint density at radius 1 is 1.07 bits per heavy atom. The molecule has 0 bridgehead atoms. The Labute approximate surface area is 161 Å². The highest BCUT2D eigenvalue weighted by atomic mass is 35.5. The third-order valence-corrected chi connectivity index (χ3v) is 5.08. The summed E-state index contributed by atoms with van der Waals surface area (Å²) >= 11 is 6.39.